The number of benzene rings is 1. The van der Waals surface area contributed by atoms with Crippen molar-refractivity contribution < 1.29 is 0 Å². The molecule has 0 aliphatic carbocycles. The molecule has 5 heteroatoms. The Bertz CT molecular complexity index is 766. The zero-order chi connectivity index (χ0) is 13.9. The van der Waals surface area contributed by atoms with Crippen LogP contribution in [0.25, 0.3) is 11.3 Å². The maximum atomic E-state index is 12.0. The van der Waals surface area contributed by atoms with Gasteiger partial charge < -0.3 is 4.98 Å². The fraction of sp³-hybridized carbons (Fsp3) is 0.0667. The highest BCUT2D eigenvalue weighted by atomic mass is 79.9. The van der Waals surface area contributed by atoms with Crippen LogP contribution in [0.5, 0.6) is 0 Å². The van der Waals surface area contributed by atoms with Crippen molar-refractivity contribution in [3.8, 4) is 11.3 Å². The van der Waals surface area contributed by atoms with Gasteiger partial charge in [-0.15, -0.1) is 11.3 Å². The summed E-state index contributed by atoms with van der Waals surface area (Å²) in [5, 5.41) is 2.02. The predicted octanol–water partition coefficient (Wildman–Crippen LogP) is 3.85. The van der Waals surface area contributed by atoms with E-state index < -0.39 is 0 Å². The van der Waals surface area contributed by atoms with Crippen LogP contribution in [0.15, 0.2) is 57.1 Å². The van der Waals surface area contributed by atoms with Gasteiger partial charge >= 0.3 is 0 Å². The van der Waals surface area contributed by atoms with E-state index >= 15 is 0 Å². The second-order valence-corrected chi connectivity index (χ2v) is 6.12. The van der Waals surface area contributed by atoms with Crippen LogP contribution < -0.4 is 5.56 Å². The summed E-state index contributed by atoms with van der Waals surface area (Å²) in [6, 6.07) is 13.7. The molecule has 20 heavy (non-hydrogen) atoms. The number of hydrogen-bond acceptors (Lipinski definition) is 3. The van der Waals surface area contributed by atoms with Gasteiger partial charge in [0.25, 0.3) is 5.56 Å². The Labute approximate surface area is 128 Å². The Hall–Kier alpha value is -1.72. The average Bonchev–Trinajstić information content (AvgIpc) is 2.96. The summed E-state index contributed by atoms with van der Waals surface area (Å²) in [5.41, 5.74) is 1.46. The minimum absolute atomic E-state index is 0.148. The number of aromatic nitrogens is 2. The smallest absolute Gasteiger partial charge is 0.265 e. The van der Waals surface area contributed by atoms with Gasteiger partial charge in [-0.3, -0.25) is 4.79 Å². The Kier molecular flexibility index (Phi) is 3.80. The monoisotopic (exact) mass is 346 g/mol. The lowest BCUT2D eigenvalue weighted by Gasteiger charge is -2.06. The number of thiophene rings is 1. The van der Waals surface area contributed by atoms with Crippen LogP contribution in [0, 0.1) is 0 Å². The standard InChI is InChI=1S/C15H11BrN2OS/c16-13-14(10-5-2-1-3-6-10)17-12(18-15(13)19)9-11-7-4-8-20-11/h1-8H,9H2,(H,17,18,19). The Morgan fingerprint density at radius 1 is 1.15 bits per heavy atom. The molecule has 0 saturated heterocycles. The fourth-order valence-corrected chi connectivity index (χ4v) is 3.08. The molecule has 100 valence electrons. The van der Waals surface area contributed by atoms with E-state index in [1.165, 1.54) is 4.88 Å². The summed E-state index contributed by atoms with van der Waals surface area (Å²) in [5.74, 6) is 0.680. The van der Waals surface area contributed by atoms with Crippen molar-refractivity contribution >= 4 is 27.3 Å². The largest absolute Gasteiger partial charge is 0.309 e. The third-order valence-corrected chi connectivity index (χ3v) is 4.49. The van der Waals surface area contributed by atoms with Gasteiger partial charge in [0.2, 0.25) is 0 Å². The molecule has 3 rings (SSSR count). The van der Waals surface area contributed by atoms with Gasteiger partial charge in [-0.2, -0.15) is 0 Å². The summed E-state index contributed by atoms with van der Waals surface area (Å²) in [7, 11) is 0. The van der Waals surface area contributed by atoms with Crippen LogP contribution in [0.1, 0.15) is 10.7 Å². The highest BCUT2D eigenvalue weighted by Crippen LogP contribution is 2.23. The lowest BCUT2D eigenvalue weighted by Crippen LogP contribution is -2.14. The van der Waals surface area contributed by atoms with Crippen LogP contribution in [0.2, 0.25) is 0 Å². The van der Waals surface area contributed by atoms with Crippen molar-refractivity contribution in [2.45, 2.75) is 6.42 Å². The van der Waals surface area contributed by atoms with Crippen LogP contribution >= 0.6 is 27.3 Å². The molecule has 0 spiro atoms. The molecule has 0 fully saturated rings. The van der Waals surface area contributed by atoms with E-state index in [0.29, 0.717) is 22.4 Å². The molecule has 0 atom stereocenters. The quantitative estimate of drug-likeness (QED) is 0.782. The number of rotatable bonds is 3. The maximum Gasteiger partial charge on any atom is 0.265 e. The van der Waals surface area contributed by atoms with Crippen molar-refractivity contribution in [3.63, 3.8) is 0 Å². The van der Waals surface area contributed by atoms with Crippen LogP contribution in [0.4, 0.5) is 0 Å². The highest BCUT2D eigenvalue weighted by molar-refractivity contribution is 9.10. The van der Waals surface area contributed by atoms with Crippen molar-refractivity contribution in [2.24, 2.45) is 0 Å². The van der Waals surface area contributed by atoms with Gasteiger partial charge in [0.05, 0.1) is 5.69 Å². The number of H-pyrrole nitrogens is 1. The van der Waals surface area contributed by atoms with Gasteiger partial charge in [-0.05, 0) is 27.4 Å². The fourth-order valence-electron chi connectivity index (χ4n) is 1.95. The van der Waals surface area contributed by atoms with E-state index in [9.17, 15) is 4.79 Å². The van der Waals surface area contributed by atoms with Gasteiger partial charge in [-0.25, -0.2) is 4.98 Å². The predicted molar refractivity (Wildman–Crippen MR) is 85.1 cm³/mol. The molecule has 2 aromatic heterocycles. The first-order chi connectivity index (χ1) is 9.74. The van der Waals surface area contributed by atoms with Gasteiger partial charge in [0.15, 0.2) is 0 Å². The van der Waals surface area contributed by atoms with Gasteiger partial charge in [0, 0.05) is 16.9 Å². The van der Waals surface area contributed by atoms with E-state index in [2.05, 4.69) is 25.9 Å². The second-order valence-electron chi connectivity index (χ2n) is 4.30. The molecule has 3 aromatic rings. The van der Waals surface area contributed by atoms with Gasteiger partial charge in [-0.1, -0.05) is 36.4 Å². The molecule has 0 radical (unpaired) electrons. The van der Waals surface area contributed by atoms with E-state index in [0.717, 1.165) is 5.56 Å². The summed E-state index contributed by atoms with van der Waals surface area (Å²) < 4.78 is 0.471. The molecule has 0 saturated carbocycles. The molecule has 2 heterocycles. The van der Waals surface area contributed by atoms with E-state index in [-0.39, 0.29) is 5.56 Å². The third kappa shape index (κ3) is 2.73. The Morgan fingerprint density at radius 3 is 2.65 bits per heavy atom. The molecule has 0 amide bonds. The number of nitrogens with one attached hydrogen (secondary N) is 1. The van der Waals surface area contributed by atoms with Crippen molar-refractivity contribution in [1.82, 2.24) is 9.97 Å². The molecule has 0 aliphatic rings. The van der Waals surface area contributed by atoms with E-state index in [4.69, 9.17) is 0 Å². The molecule has 0 unspecified atom stereocenters. The molecule has 3 nitrogen and oxygen atoms in total. The first kappa shape index (κ1) is 13.3. The Balaban J connectivity index is 2.06. The lowest BCUT2D eigenvalue weighted by atomic mass is 10.1. The molecule has 1 N–H and O–H groups in total. The minimum atomic E-state index is -0.148. The van der Waals surface area contributed by atoms with Crippen LogP contribution in [0.3, 0.4) is 0 Å². The summed E-state index contributed by atoms with van der Waals surface area (Å²) in [4.78, 5) is 20.6. The number of nitrogens with zero attached hydrogens (tertiary/aromatic N) is 1. The topological polar surface area (TPSA) is 45.8 Å². The van der Waals surface area contributed by atoms with Crippen LogP contribution in [-0.2, 0) is 6.42 Å². The molecule has 0 bridgehead atoms. The molecule has 0 aliphatic heterocycles. The molecular formula is C15H11BrN2OS. The van der Waals surface area contributed by atoms with Crippen molar-refractivity contribution in [2.75, 3.05) is 0 Å². The first-order valence-electron chi connectivity index (χ1n) is 6.10. The normalized spacial score (nSPS) is 10.7. The van der Waals surface area contributed by atoms with Crippen molar-refractivity contribution in [3.05, 3.63) is 73.4 Å². The molecular weight excluding hydrogens is 336 g/mol. The zero-order valence-corrected chi connectivity index (χ0v) is 12.9. The molecule has 1 aromatic carbocycles. The first-order valence-corrected chi connectivity index (χ1v) is 7.78. The summed E-state index contributed by atoms with van der Waals surface area (Å²) in [6.07, 6.45) is 0.639. The number of aromatic amines is 1. The maximum absolute atomic E-state index is 12.0. The zero-order valence-electron chi connectivity index (χ0n) is 10.5. The summed E-state index contributed by atoms with van der Waals surface area (Å²) in [6.45, 7) is 0. The van der Waals surface area contributed by atoms with Crippen LogP contribution in [-0.4, -0.2) is 9.97 Å². The summed E-state index contributed by atoms with van der Waals surface area (Å²) >= 11 is 4.98. The third-order valence-electron chi connectivity index (χ3n) is 2.88. The second kappa shape index (κ2) is 5.73. The minimum Gasteiger partial charge on any atom is -0.309 e. The van der Waals surface area contributed by atoms with Gasteiger partial charge in [0.1, 0.15) is 10.3 Å². The van der Waals surface area contributed by atoms with E-state index in [1.807, 2.05) is 47.8 Å². The SMILES string of the molecule is O=c1[nH]c(Cc2cccs2)nc(-c2ccccc2)c1Br. The lowest BCUT2D eigenvalue weighted by molar-refractivity contribution is 0.952. The number of hydrogen-bond donors (Lipinski definition) is 1. The highest BCUT2D eigenvalue weighted by Gasteiger charge is 2.11. The number of halogens is 1. The average molecular weight is 347 g/mol. The van der Waals surface area contributed by atoms with E-state index in [1.54, 1.807) is 11.3 Å². The Morgan fingerprint density at radius 2 is 1.95 bits per heavy atom. The van der Waals surface area contributed by atoms with Crippen molar-refractivity contribution in [1.29, 1.82) is 0 Å².